The highest BCUT2D eigenvalue weighted by molar-refractivity contribution is 6.30. The fourth-order valence-corrected chi connectivity index (χ4v) is 2.18. The zero-order chi connectivity index (χ0) is 15.7. The molecular formula is C14H14ClN7. The van der Waals surface area contributed by atoms with Gasteiger partial charge in [-0.05, 0) is 32.0 Å². The van der Waals surface area contributed by atoms with E-state index in [0.717, 1.165) is 11.4 Å². The number of aryl methyl sites for hydroxylation is 2. The Balaban J connectivity index is 1.98. The van der Waals surface area contributed by atoms with Crippen molar-refractivity contribution in [3.63, 3.8) is 0 Å². The fourth-order valence-electron chi connectivity index (χ4n) is 2.07. The summed E-state index contributed by atoms with van der Waals surface area (Å²) in [4.78, 5) is 12.5. The number of halogens is 1. The van der Waals surface area contributed by atoms with Gasteiger partial charge in [0.2, 0.25) is 0 Å². The van der Waals surface area contributed by atoms with Gasteiger partial charge in [0.05, 0.1) is 10.7 Å². The number of rotatable bonds is 3. The first-order valence-corrected chi connectivity index (χ1v) is 6.95. The van der Waals surface area contributed by atoms with Gasteiger partial charge in [-0.3, -0.25) is 0 Å². The van der Waals surface area contributed by atoms with Crippen LogP contribution in [-0.4, -0.2) is 24.7 Å². The first-order chi connectivity index (χ1) is 10.5. The average Bonchev–Trinajstić information content (AvgIpc) is 2.82. The Bertz CT molecular complexity index is 811. The average molecular weight is 316 g/mol. The molecule has 3 aromatic heterocycles. The molecule has 0 unspecified atom stereocenters. The van der Waals surface area contributed by atoms with Gasteiger partial charge >= 0.3 is 0 Å². The van der Waals surface area contributed by atoms with Crippen LogP contribution in [0.1, 0.15) is 11.4 Å². The molecule has 0 amide bonds. The zero-order valence-electron chi connectivity index (χ0n) is 12.1. The van der Waals surface area contributed by atoms with Crippen LogP contribution in [0.25, 0.3) is 5.82 Å². The summed E-state index contributed by atoms with van der Waals surface area (Å²) in [6, 6.07) is 5.43. The molecule has 0 spiro atoms. The molecule has 112 valence electrons. The highest BCUT2D eigenvalue weighted by Gasteiger charge is 2.13. The Kier molecular flexibility index (Phi) is 3.64. The number of nitrogens with zero attached hydrogens (tertiary/aromatic N) is 5. The van der Waals surface area contributed by atoms with Gasteiger partial charge in [-0.1, -0.05) is 11.6 Å². The molecule has 3 heterocycles. The molecule has 0 radical (unpaired) electrons. The van der Waals surface area contributed by atoms with E-state index < -0.39 is 0 Å². The highest BCUT2D eigenvalue weighted by Crippen LogP contribution is 2.25. The van der Waals surface area contributed by atoms with E-state index in [9.17, 15) is 0 Å². The van der Waals surface area contributed by atoms with Crippen molar-refractivity contribution in [3.05, 3.63) is 47.1 Å². The number of nitrogens with two attached hydrogens (primary N) is 1. The van der Waals surface area contributed by atoms with Crippen LogP contribution in [0.15, 0.2) is 30.7 Å². The SMILES string of the molecule is Cc1cc(C)n(-c2ncnc(Nc3ccc(Cl)cn3)c2N)n1. The van der Waals surface area contributed by atoms with Gasteiger partial charge in [-0.15, -0.1) is 0 Å². The largest absolute Gasteiger partial charge is 0.393 e. The summed E-state index contributed by atoms with van der Waals surface area (Å²) >= 11 is 5.82. The third-order valence-corrected chi connectivity index (χ3v) is 3.27. The number of hydrogen-bond acceptors (Lipinski definition) is 6. The van der Waals surface area contributed by atoms with E-state index in [1.807, 2.05) is 19.9 Å². The Morgan fingerprint density at radius 2 is 2.00 bits per heavy atom. The Labute approximate surface area is 132 Å². The van der Waals surface area contributed by atoms with Crippen LogP contribution in [0.3, 0.4) is 0 Å². The number of aromatic nitrogens is 5. The number of pyridine rings is 1. The van der Waals surface area contributed by atoms with Gasteiger partial charge in [0.1, 0.15) is 17.8 Å². The van der Waals surface area contributed by atoms with Gasteiger partial charge in [-0.2, -0.15) is 5.10 Å². The lowest BCUT2D eigenvalue weighted by Crippen LogP contribution is -2.10. The first kappa shape index (κ1) is 14.3. The van der Waals surface area contributed by atoms with E-state index in [-0.39, 0.29) is 0 Å². The number of nitrogen functional groups attached to an aromatic ring is 1. The van der Waals surface area contributed by atoms with Crippen LogP contribution in [0.2, 0.25) is 5.02 Å². The van der Waals surface area contributed by atoms with E-state index in [2.05, 4.69) is 25.4 Å². The summed E-state index contributed by atoms with van der Waals surface area (Å²) in [6.45, 7) is 3.85. The van der Waals surface area contributed by atoms with Crippen molar-refractivity contribution < 1.29 is 0 Å². The van der Waals surface area contributed by atoms with Crippen molar-refractivity contribution in [3.8, 4) is 5.82 Å². The van der Waals surface area contributed by atoms with Crippen LogP contribution >= 0.6 is 11.6 Å². The summed E-state index contributed by atoms with van der Waals surface area (Å²) < 4.78 is 1.69. The molecule has 0 aliphatic rings. The third-order valence-electron chi connectivity index (χ3n) is 3.05. The summed E-state index contributed by atoms with van der Waals surface area (Å²) in [7, 11) is 0. The van der Waals surface area contributed by atoms with Gasteiger partial charge in [0.25, 0.3) is 0 Å². The van der Waals surface area contributed by atoms with Crippen LogP contribution in [0.5, 0.6) is 0 Å². The monoisotopic (exact) mass is 315 g/mol. The molecule has 3 aromatic rings. The minimum absolute atomic E-state index is 0.394. The molecule has 0 saturated carbocycles. The van der Waals surface area contributed by atoms with E-state index in [1.165, 1.54) is 6.33 Å². The van der Waals surface area contributed by atoms with Crippen molar-refractivity contribution in [1.82, 2.24) is 24.7 Å². The van der Waals surface area contributed by atoms with Crippen molar-refractivity contribution in [2.24, 2.45) is 0 Å². The predicted octanol–water partition coefficient (Wildman–Crippen LogP) is 2.65. The van der Waals surface area contributed by atoms with Crippen molar-refractivity contribution in [2.45, 2.75) is 13.8 Å². The Morgan fingerprint density at radius 3 is 2.64 bits per heavy atom. The molecule has 0 atom stereocenters. The summed E-state index contributed by atoms with van der Waals surface area (Å²) in [5.41, 5.74) is 8.40. The second kappa shape index (κ2) is 5.61. The highest BCUT2D eigenvalue weighted by atomic mass is 35.5. The minimum atomic E-state index is 0.394. The maximum absolute atomic E-state index is 6.17. The van der Waals surface area contributed by atoms with Gasteiger partial charge < -0.3 is 11.1 Å². The number of hydrogen-bond donors (Lipinski definition) is 2. The second-order valence-electron chi connectivity index (χ2n) is 4.79. The topological polar surface area (TPSA) is 94.5 Å². The molecule has 0 aliphatic heterocycles. The van der Waals surface area contributed by atoms with E-state index in [4.69, 9.17) is 17.3 Å². The Morgan fingerprint density at radius 1 is 1.18 bits per heavy atom. The Hall–Kier alpha value is -2.67. The fraction of sp³-hybridized carbons (Fsp3) is 0.143. The third kappa shape index (κ3) is 2.71. The van der Waals surface area contributed by atoms with E-state index in [0.29, 0.717) is 28.2 Å². The van der Waals surface area contributed by atoms with Gasteiger partial charge in [0.15, 0.2) is 11.6 Å². The molecule has 0 saturated heterocycles. The number of anilines is 3. The van der Waals surface area contributed by atoms with Gasteiger partial charge in [0, 0.05) is 11.9 Å². The molecule has 0 aromatic carbocycles. The standard InChI is InChI=1S/C14H14ClN7/c1-8-5-9(2)22(21-8)14-12(16)13(18-7-19-14)20-11-4-3-10(15)6-17-11/h3-7H,16H2,1-2H3,(H,17,18,19,20). The lowest BCUT2D eigenvalue weighted by atomic mass is 10.4. The normalized spacial score (nSPS) is 10.7. The summed E-state index contributed by atoms with van der Waals surface area (Å²) in [5.74, 6) is 1.58. The molecule has 8 heteroatoms. The summed E-state index contributed by atoms with van der Waals surface area (Å²) in [5, 5.41) is 8.00. The molecule has 7 nitrogen and oxygen atoms in total. The zero-order valence-corrected chi connectivity index (χ0v) is 12.8. The lowest BCUT2D eigenvalue weighted by Gasteiger charge is -2.11. The van der Waals surface area contributed by atoms with E-state index >= 15 is 0 Å². The van der Waals surface area contributed by atoms with Gasteiger partial charge in [-0.25, -0.2) is 19.6 Å². The molecular weight excluding hydrogens is 302 g/mol. The second-order valence-corrected chi connectivity index (χ2v) is 5.22. The number of nitrogens with one attached hydrogen (secondary N) is 1. The molecule has 0 fully saturated rings. The minimum Gasteiger partial charge on any atom is -0.393 e. The van der Waals surface area contributed by atoms with Crippen molar-refractivity contribution in [1.29, 1.82) is 0 Å². The summed E-state index contributed by atoms with van der Waals surface area (Å²) in [6.07, 6.45) is 2.98. The molecule has 3 N–H and O–H groups in total. The van der Waals surface area contributed by atoms with E-state index in [1.54, 1.807) is 23.0 Å². The van der Waals surface area contributed by atoms with Crippen LogP contribution < -0.4 is 11.1 Å². The van der Waals surface area contributed by atoms with Crippen molar-refractivity contribution in [2.75, 3.05) is 11.1 Å². The molecule has 0 aliphatic carbocycles. The first-order valence-electron chi connectivity index (χ1n) is 6.57. The lowest BCUT2D eigenvalue weighted by molar-refractivity contribution is 0.804. The molecule has 22 heavy (non-hydrogen) atoms. The maximum atomic E-state index is 6.17. The quantitative estimate of drug-likeness (QED) is 0.771. The maximum Gasteiger partial charge on any atom is 0.182 e. The predicted molar refractivity (Wildman–Crippen MR) is 85.6 cm³/mol. The van der Waals surface area contributed by atoms with Crippen LogP contribution in [-0.2, 0) is 0 Å². The smallest absolute Gasteiger partial charge is 0.182 e. The van der Waals surface area contributed by atoms with Crippen LogP contribution in [0.4, 0.5) is 17.3 Å². The molecule has 0 bridgehead atoms. The van der Waals surface area contributed by atoms with Crippen LogP contribution in [0, 0.1) is 13.8 Å². The molecule has 3 rings (SSSR count). The van der Waals surface area contributed by atoms with Crippen molar-refractivity contribution >= 4 is 28.9 Å².